The smallest absolute Gasteiger partial charge is 0.199 e. The molecule has 0 saturated carbocycles. The molecule has 0 atom stereocenters. The Bertz CT molecular complexity index is 930. The molecule has 26 heavy (non-hydrogen) atoms. The number of nitrogens with zero attached hydrogens (tertiary/aromatic N) is 1. The van der Waals surface area contributed by atoms with Crippen molar-refractivity contribution in [3.63, 3.8) is 0 Å². The Labute approximate surface area is 157 Å². The van der Waals surface area contributed by atoms with Crippen molar-refractivity contribution in [1.82, 2.24) is 0 Å². The van der Waals surface area contributed by atoms with Crippen molar-refractivity contribution in [2.24, 2.45) is 0 Å². The maximum Gasteiger partial charge on any atom is 0.199 e. The van der Waals surface area contributed by atoms with Gasteiger partial charge in [-0.3, -0.25) is 4.79 Å². The lowest BCUT2D eigenvalue weighted by molar-refractivity contribution is 0.497. The van der Waals surface area contributed by atoms with Gasteiger partial charge in [-0.1, -0.05) is 48.2 Å². The monoisotopic (exact) mass is 363 g/mol. The zero-order chi connectivity index (χ0) is 17.8. The Hall–Kier alpha value is -2.46. The molecule has 4 heteroatoms. The van der Waals surface area contributed by atoms with Crippen LogP contribution >= 0.6 is 11.8 Å². The fraction of sp³-hybridized carbons (Fsp3) is 0.227. The third kappa shape index (κ3) is 3.86. The Morgan fingerprint density at radius 2 is 1.58 bits per heavy atom. The second kappa shape index (κ2) is 7.83. The number of piperidine rings is 1. The van der Waals surface area contributed by atoms with E-state index >= 15 is 0 Å². The molecular formula is C22H21NO2S. The predicted molar refractivity (Wildman–Crippen MR) is 107 cm³/mol. The molecule has 1 aromatic heterocycles. The Kier molecular flexibility index (Phi) is 5.12. The zero-order valence-corrected chi connectivity index (χ0v) is 15.4. The standard InChI is InChI=1S/C22H21NO2S/c24-17-15-20(25-22(16-17)23-13-7-2-8-14-23)19-11-5-6-12-21(19)26-18-9-3-1-4-10-18/h1,3-6,9-12,15-16H,2,7-8,13-14H2. The summed E-state index contributed by atoms with van der Waals surface area (Å²) < 4.78 is 6.17. The van der Waals surface area contributed by atoms with Crippen LogP contribution in [0, 0.1) is 0 Å². The van der Waals surface area contributed by atoms with Gasteiger partial charge in [0.05, 0.1) is 0 Å². The van der Waals surface area contributed by atoms with E-state index in [0.29, 0.717) is 11.6 Å². The number of benzene rings is 2. The average molecular weight is 363 g/mol. The van der Waals surface area contributed by atoms with Crippen molar-refractivity contribution in [3.05, 3.63) is 77.0 Å². The predicted octanol–water partition coefficient (Wildman–Crippen LogP) is 5.45. The first kappa shape index (κ1) is 17.0. The summed E-state index contributed by atoms with van der Waals surface area (Å²) in [7, 11) is 0. The molecule has 2 heterocycles. The first-order chi connectivity index (χ1) is 12.8. The average Bonchev–Trinajstić information content (AvgIpc) is 2.69. The van der Waals surface area contributed by atoms with Crippen LogP contribution in [0.4, 0.5) is 5.88 Å². The zero-order valence-electron chi connectivity index (χ0n) is 14.6. The van der Waals surface area contributed by atoms with Gasteiger partial charge in [0.1, 0.15) is 5.76 Å². The van der Waals surface area contributed by atoms with Gasteiger partial charge in [-0.15, -0.1) is 0 Å². The number of anilines is 1. The van der Waals surface area contributed by atoms with Crippen molar-refractivity contribution in [2.45, 2.75) is 29.1 Å². The van der Waals surface area contributed by atoms with E-state index < -0.39 is 0 Å². The molecule has 1 fully saturated rings. The van der Waals surface area contributed by atoms with Crippen LogP contribution in [0.5, 0.6) is 0 Å². The summed E-state index contributed by atoms with van der Waals surface area (Å²) in [6.45, 7) is 1.90. The Morgan fingerprint density at radius 3 is 2.38 bits per heavy atom. The van der Waals surface area contributed by atoms with Crippen LogP contribution in [0.3, 0.4) is 0 Å². The van der Waals surface area contributed by atoms with E-state index in [1.807, 2.05) is 36.4 Å². The van der Waals surface area contributed by atoms with Crippen LogP contribution in [0.2, 0.25) is 0 Å². The second-order valence-electron chi connectivity index (χ2n) is 6.45. The molecule has 0 N–H and O–H groups in total. The van der Waals surface area contributed by atoms with E-state index in [4.69, 9.17) is 4.42 Å². The number of hydrogen-bond donors (Lipinski definition) is 0. The second-order valence-corrected chi connectivity index (χ2v) is 7.57. The number of hydrogen-bond acceptors (Lipinski definition) is 4. The van der Waals surface area contributed by atoms with Gasteiger partial charge in [-0.05, 0) is 37.5 Å². The lowest BCUT2D eigenvalue weighted by Crippen LogP contribution is -2.30. The highest BCUT2D eigenvalue weighted by Crippen LogP contribution is 2.36. The van der Waals surface area contributed by atoms with Crippen LogP contribution < -0.4 is 10.3 Å². The van der Waals surface area contributed by atoms with Gasteiger partial charge in [0.25, 0.3) is 0 Å². The van der Waals surface area contributed by atoms with Gasteiger partial charge >= 0.3 is 0 Å². The summed E-state index contributed by atoms with van der Waals surface area (Å²) in [6.07, 6.45) is 3.54. The molecule has 4 rings (SSSR count). The molecule has 2 aromatic carbocycles. The van der Waals surface area contributed by atoms with Crippen molar-refractivity contribution < 1.29 is 4.42 Å². The van der Waals surface area contributed by atoms with Crippen molar-refractivity contribution in [3.8, 4) is 11.3 Å². The topological polar surface area (TPSA) is 33.5 Å². The summed E-state index contributed by atoms with van der Waals surface area (Å²) in [6, 6.07) is 21.5. The molecule has 0 amide bonds. The molecule has 0 bridgehead atoms. The largest absolute Gasteiger partial charge is 0.440 e. The van der Waals surface area contributed by atoms with Crippen LogP contribution in [0.1, 0.15) is 19.3 Å². The lowest BCUT2D eigenvalue weighted by atomic mass is 10.1. The molecule has 3 nitrogen and oxygen atoms in total. The Balaban J connectivity index is 1.71. The summed E-state index contributed by atoms with van der Waals surface area (Å²) in [5, 5.41) is 0. The van der Waals surface area contributed by atoms with Crippen molar-refractivity contribution in [1.29, 1.82) is 0 Å². The minimum absolute atomic E-state index is 0.00802. The van der Waals surface area contributed by atoms with E-state index in [2.05, 4.69) is 23.1 Å². The van der Waals surface area contributed by atoms with Crippen molar-refractivity contribution >= 4 is 17.6 Å². The van der Waals surface area contributed by atoms with Crippen LogP contribution in [-0.4, -0.2) is 13.1 Å². The molecule has 0 unspecified atom stereocenters. The highest BCUT2D eigenvalue weighted by atomic mass is 32.2. The highest BCUT2D eigenvalue weighted by Gasteiger charge is 2.16. The fourth-order valence-electron chi connectivity index (χ4n) is 3.24. The van der Waals surface area contributed by atoms with Gasteiger partial charge in [0.15, 0.2) is 11.3 Å². The number of rotatable bonds is 4. The molecule has 1 saturated heterocycles. The van der Waals surface area contributed by atoms with Gasteiger partial charge in [-0.25, -0.2) is 0 Å². The van der Waals surface area contributed by atoms with Crippen LogP contribution in [0.25, 0.3) is 11.3 Å². The fourth-order valence-corrected chi connectivity index (χ4v) is 4.21. The molecule has 1 aliphatic rings. The molecule has 132 valence electrons. The summed E-state index contributed by atoms with van der Waals surface area (Å²) >= 11 is 1.68. The van der Waals surface area contributed by atoms with E-state index in [9.17, 15) is 4.79 Å². The van der Waals surface area contributed by atoms with Crippen LogP contribution in [0.15, 0.2) is 85.7 Å². The molecule has 0 aliphatic carbocycles. The summed E-state index contributed by atoms with van der Waals surface area (Å²) in [4.78, 5) is 16.7. The molecular weight excluding hydrogens is 342 g/mol. The quantitative estimate of drug-likeness (QED) is 0.617. The molecule has 0 spiro atoms. The van der Waals surface area contributed by atoms with Gasteiger partial charge in [0.2, 0.25) is 0 Å². The minimum atomic E-state index is -0.00802. The van der Waals surface area contributed by atoms with E-state index in [-0.39, 0.29) is 5.43 Å². The van der Waals surface area contributed by atoms with Crippen LogP contribution in [-0.2, 0) is 0 Å². The maximum atomic E-state index is 12.3. The first-order valence-corrected chi connectivity index (χ1v) is 9.84. The van der Waals surface area contributed by atoms with Gasteiger partial charge in [-0.2, -0.15) is 0 Å². The third-order valence-electron chi connectivity index (χ3n) is 4.54. The van der Waals surface area contributed by atoms with E-state index in [1.165, 1.54) is 6.42 Å². The van der Waals surface area contributed by atoms with Gasteiger partial charge in [0, 0.05) is 40.6 Å². The minimum Gasteiger partial charge on any atom is -0.440 e. The third-order valence-corrected chi connectivity index (χ3v) is 5.63. The molecule has 3 aromatic rings. The van der Waals surface area contributed by atoms with E-state index in [0.717, 1.165) is 41.3 Å². The van der Waals surface area contributed by atoms with E-state index in [1.54, 1.807) is 23.9 Å². The SMILES string of the molecule is O=c1cc(-c2ccccc2Sc2ccccc2)oc(N2CCCCC2)c1. The molecule has 0 radical (unpaired) electrons. The van der Waals surface area contributed by atoms with Crippen molar-refractivity contribution in [2.75, 3.05) is 18.0 Å². The summed E-state index contributed by atoms with van der Waals surface area (Å²) in [5.74, 6) is 1.32. The van der Waals surface area contributed by atoms with Gasteiger partial charge < -0.3 is 9.32 Å². The lowest BCUT2D eigenvalue weighted by Gasteiger charge is -2.27. The highest BCUT2D eigenvalue weighted by molar-refractivity contribution is 7.99. The maximum absolute atomic E-state index is 12.3. The normalized spacial score (nSPS) is 14.4. The summed E-state index contributed by atoms with van der Waals surface area (Å²) in [5.41, 5.74) is 0.948. The first-order valence-electron chi connectivity index (χ1n) is 9.02. The Morgan fingerprint density at radius 1 is 0.846 bits per heavy atom. The molecule has 1 aliphatic heterocycles.